The average Bonchev–Trinajstić information content (AvgIpc) is 3.88. The molecule has 0 unspecified atom stereocenters. The molecule has 11 rings (SSSR count). The maximum absolute atomic E-state index is 6.69. The van der Waals surface area contributed by atoms with E-state index in [1.54, 1.807) is 0 Å². The third-order valence-electron chi connectivity index (χ3n) is 10.4. The van der Waals surface area contributed by atoms with Crippen molar-refractivity contribution in [1.82, 2.24) is 4.57 Å². The van der Waals surface area contributed by atoms with Gasteiger partial charge in [-0.05, 0) is 77.9 Å². The number of fused-ring (bicyclic) bond motifs is 9. The van der Waals surface area contributed by atoms with E-state index in [0.29, 0.717) is 0 Å². The molecular formula is C48H30N2O2. The van der Waals surface area contributed by atoms with Crippen molar-refractivity contribution in [3.63, 3.8) is 0 Å². The second-order valence-electron chi connectivity index (χ2n) is 13.3. The lowest BCUT2D eigenvalue weighted by atomic mass is 10.0. The molecule has 0 spiro atoms. The number of rotatable bonds is 5. The Morgan fingerprint density at radius 2 is 1.06 bits per heavy atom. The van der Waals surface area contributed by atoms with Crippen molar-refractivity contribution in [2.45, 2.75) is 0 Å². The normalized spacial score (nSPS) is 11.8. The maximum atomic E-state index is 6.69. The van der Waals surface area contributed by atoms with Crippen LogP contribution in [0.25, 0.3) is 82.5 Å². The summed E-state index contributed by atoms with van der Waals surface area (Å²) in [5.74, 6) is 0. The van der Waals surface area contributed by atoms with Crippen molar-refractivity contribution in [2.24, 2.45) is 0 Å². The monoisotopic (exact) mass is 666 g/mol. The van der Waals surface area contributed by atoms with Crippen LogP contribution in [0.15, 0.2) is 191 Å². The molecule has 52 heavy (non-hydrogen) atoms. The Labute approximate surface area is 299 Å². The van der Waals surface area contributed by atoms with Crippen LogP contribution in [0.4, 0.5) is 17.1 Å². The molecule has 0 saturated carbocycles. The van der Waals surface area contributed by atoms with Gasteiger partial charge in [0, 0.05) is 38.3 Å². The first-order valence-electron chi connectivity index (χ1n) is 17.6. The Bertz CT molecular complexity index is 3130. The van der Waals surface area contributed by atoms with E-state index in [1.807, 2.05) is 24.3 Å². The number of hydrogen-bond acceptors (Lipinski definition) is 3. The molecule has 0 aliphatic heterocycles. The summed E-state index contributed by atoms with van der Waals surface area (Å²) in [5.41, 5.74) is 12.2. The molecule has 0 aliphatic carbocycles. The molecule has 0 amide bonds. The fraction of sp³-hybridized carbons (Fsp3) is 0. The first-order chi connectivity index (χ1) is 25.8. The molecule has 11 aromatic rings. The second kappa shape index (κ2) is 11.2. The molecule has 0 bridgehead atoms. The van der Waals surface area contributed by atoms with Crippen molar-refractivity contribution in [3.05, 3.63) is 182 Å². The van der Waals surface area contributed by atoms with Gasteiger partial charge in [-0.15, -0.1) is 0 Å². The molecule has 8 aromatic carbocycles. The summed E-state index contributed by atoms with van der Waals surface area (Å²) < 4.78 is 15.5. The maximum Gasteiger partial charge on any atom is 0.159 e. The lowest BCUT2D eigenvalue weighted by Gasteiger charge is -2.26. The van der Waals surface area contributed by atoms with E-state index in [-0.39, 0.29) is 0 Å². The molecule has 244 valence electrons. The van der Waals surface area contributed by atoms with Gasteiger partial charge in [-0.1, -0.05) is 115 Å². The van der Waals surface area contributed by atoms with E-state index in [0.717, 1.165) is 77.7 Å². The van der Waals surface area contributed by atoms with Crippen LogP contribution >= 0.6 is 0 Å². The third-order valence-corrected chi connectivity index (χ3v) is 10.4. The van der Waals surface area contributed by atoms with Crippen LogP contribution in [0.3, 0.4) is 0 Å². The van der Waals surface area contributed by atoms with Crippen molar-refractivity contribution in [3.8, 4) is 16.8 Å². The van der Waals surface area contributed by atoms with Gasteiger partial charge in [0.25, 0.3) is 0 Å². The third kappa shape index (κ3) is 4.28. The molecule has 0 aliphatic rings. The minimum absolute atomic E-state index is 0.841. The smallest absolute Gasteiger partial charge is 0.159 e. The number of aromatic nitrogens is 1. The predicted molar refractivity (Wildman–Crippen MR) is 215 cm³/mol. The molecule has 4 heteroatoms. The van der Waals surface area contributed by atoms with Gasteiger partial charge in [-0.3, -0.25) is 0 Å². The summed E-state index contributed by atoms with van der Waals surface area (Å²) >= 11 is 0. The first-order valence-corrected chi connectivity index (χ1v) is 17.6. The Balaban J connectivity index is 1.23. The molecule has 4 nitrogen and oxygen atoms in total. The minimum Gasteiger partial charge on any atom is -0.456 e. The minimum atomic E-state index is 0.841. The van der Waals surface area contributed by atoms with Gasteiger partial charge in [-0.25, -0.2) is 0 Å². The Morgan fingerprint density at radius 1 is 0.385 bits per heavy atom. The molecule has 0 fully saturated rings. The molecule has 3 aromatic heterocycles. The predicted octanol–water partition coefficient (Wildman–Crippen LogP) is 13.7. The Morgan fingerprint density at radius 3 is 1.90 bits per heavy atom. The van der Waals surface area contributed by atoms with Gasteiger partial charge in [-0.2, -0.15) is 0 Å². The molecule has 0 saturated heterocycles. The zero-order valence-electron chi connectivity index (χ0n) is 28.0. The van der Waals surface area contributed by atoms with E-state index in [1.165, 1.54) is 21.9 Å². The zero-order valence-corrected chi connectivity index (χ0v) is 28.0. The molecular weight excluding hydrogens is 637 g/mol. The van der Waals surface area contributed by atoms with Crippen LogP contribution in [0.5, 0.6) is 0 Å². The van der Waals surface area contributed by atoms with E-state index in [4.69, 9.17) is 8.83 Å². The van der Waals surface area contributed by atoms with Crippen molar-refractivity contribution < 1.29 is 8.83 Å². The van der Waals surface area contributed by atoms with E-state index in [2.05, 4.69) is 167 Å². The number of hydrogen-bond donors (Lipinski definition) is 0. The summed E-state index contributed by atoms with van der Waals surface area (Å²) in [6.45, 7) is 0. The van der Waals surface area contributed by atoms with Crippen molar-refractivity contribution in [1.29, 1.82) is 0 Å². The van der Waals surface area contributed by atoms with Gasteiger partial charge in [0.15, 0.2) is 5.58 Å². The van der Waals surface area contributed by atoms with Crippen LogP contribution < -0.4 is 4.90 Å². The van der Waals surface area contributed by atoms with Gasteiger partial charge in [0.2, 0.25) is 0 Å². The molecule has 0 atom stereocenters. The van der Waals surface area contributed by atoms with Gasteiger partial charge < -0.3 is 18.3 Å². The van der Waals surface area contributed by atoms with Crippen molar-refractivity contribution >= 4 is 82.7 Å². The number of anilines is 3. The number of benzene rings is 8. The van der Waals surface area contributed by atoms with Crippen LogP contribution in [-0.2, 0) is 0 Å². The fourth-order valence-corrected chi connectivity index (χ4v) is 8.07. The number of para-hydroxylation sites is 4. The van der Waals surface area contributed by atoms with E-state index in [9.17, 15) is 0 Å². The standard InChI is InChI=1S/C48H30N2O2/c1-3-13-31(14-4-1)32-25-27-35-39-30-34(26-28-40(39)49(43(35)29-32)33-15-5-2-6-16-33)50(41-20-12-24-46-47(41)38-18-8-10-23-45(38)51-46)42-21-11-19-37-36-17-7-9-22-44(36)52-48(37)42/h1-30H. The lowest BCUT2D eigenvalue weighted by molar-refractivity contribution is 0.668. The van der Waals surface area contributed by atoms with Crippen molar-refractivity contribution in [2.75, 3.05) is 4.90 Å². The number of nitrogens with zero attached hydrogens (tertiary/aromatic N) is 2. The highest BCUT2D eigenvalue weighted by Crippen LogP contribution is 2.47. The average molecular weight is 667 g/mol. The zero-order chi connectivity index (χ0) is 34.2. The quantitative estimate of drug-likeness (QED) is 0.183. The van der Waals surface area contributed by atoms with Crippen LogP contribution in [0.2, 0.25) is 0 Å². The van der Waals surface area contributed by atoms with E-state index < -0.39 is 0 Å². The highest BCUT2D eigenvalue weighted by Gasteiger charge is 2.24. The van der Waals surface area contributed by atoms with Gasteiger partial charge in [0.05, 0.1) is 27.8 Å². The van der Waals surface area contributed by atoms with E-state index >= 15 is 0 Å². The van der Waals surface area contributed by atoms with Crippen LogP contribution in [0.1, 0.15) is 0 Å². The number of furan rings is 2. The fourth-order valence-electron chi connectivity index (χ4n) is 8.07. The van der Waals surface area contributed by atoms with Crippen LogP contribution in [-0.4, -0.2) is 4.57 Å². The lowest BCUT2D eigenvalue weighted by Crippen LogP contribution is -2.10. The molecule has 3 heterocycles. The second-order valence-corrected chi connectivity index (χ2v) is 13.3. The highest BCUT2D eigenvalue weighted by molar-refractivity contribution is 6.17. The topological polar surface area (TPSA) is 34.5 Å². The highest BCUT2D eigenvalue weighted by atomic mass is 16.3. The largest absolute Gasteiger partial charge is 0.456 e. The summed E-state index contributed by atoms with van der Waals surface area (Å²) in [7, 11) is 0. The molecule has 0 radical (unpaired) electrons. The summed E-state index contributed by atoms with van der Waals surface area (Å²) in [5, 5.41) is 6.67. The summed E-state index contributed by atoms with van der Waals surface area (Å²) in [6, 6.07) is 64.2. The summed E-state index contributed by atoms with van der Waals surface area (Å²) in [4.78, 5) is 2.35. The SMILES string of the molecule is c1ccc(-c2ccc3c4cc(N(c5cccc6c5oc5ccccc56)c5cccc6oc7ccccc7c56)ccc4n(-c4ccccc4)c3c2)cc1. The Kier molecular flexibility index (Phi) is 6.22. The summed E-state index contributed by atoms with van der Waals surface area (Å²) in [6.07, 6.45) is 0. The van der Waals surface area contributed by atoms with Gasteiger partial charge >= 0.3 is 0 Å². The first kappa shape index (κ1) is 28.8. The Hall–Kier alpha value is -7.04. The molecule has 0 N–H and O–H groups in total. The van der Waals surface area contributed by atoms with Crippen LogP contribution in [0, 0.1) is 0 Å². The van der Waals surface area contributed by atoms with Gasteiger partial charge in [0.1, 0.15) is 16.7 Å².